The third-order valence-corrected chi connectivity index (χ3v) is 2.49. The molecule has 0 aliphatic heterocycles. The molecule has 0 aliphatic rings. The summed E-state index contributed by atoms with van der Waals surface area (Å²) in [5, 5.41) is 15.1. The predicted octanol–water partition coefficient (Wildman–Crippen LogP) is 0.361. The first-order valence-electron chi connectivity index (χ1n) is 5.50. The summed E-state index contributed by atoms with van der Waals surface area (Å²) in [4.78, 5) is 4.57. The minimum Gasteiger partial charge on any atom is -0.314 e. The van der Waals surface area contributed by atoms with Crippen LogP contribution in [0.2, 0.25) is 0 Å². The lowest BCUT2D eigenvalue weighted by atomic mass is 10.3. The van der Waals surface area contributed by atoms with Crippen LogP contribution < -0.4 is 0 Å². The van der Waals surface area contributed by atoms with Gasteiger partial charge < -0.3 is 9.13 Å². The Morgan fingerprint density at radius 3 is 1.61 bits per heavy atom. The highest BCUT2D eigenvalue weighted by molar-refractivity contribution is 5.12. The van der Waals surface area contributed by atoms with Crippen LogP contribution in [0, 0.1) is 0 Å². The molecule has 0 N–H and O–H groups in total. The van der Waals surface area contributed by atoms with Gasteiger partial charge in [0.2, 0.25) is 0 Å². The van der Waals surface area contributed by atoms with Crippen LogP contribution in [0.4, 0.5) is 0 Å². The molecule has 0 saturated heterocycles. The first-order chi connectivity index (χ1) is 8.90. The Morgan fingerprint density at radius 2 is 1.17 bits per heavy atom. The molecule has 7 nitrogen and oxygen atoms in total. The van der Waals surface area contributed by atoms with Crippen molar-refractivity contribution in [3.8, 4) is 0 Å². The van der Waals surface area contributed by atoms with Gasteiger partial charge in [-0.05, 0) is 12.1 Å². The molecule has 0 saturated carbocycles. The molecule has 3 heterocycles. The van der Waals surface area contributed by atoms with Crippen LogP contribution in [0.15, 0.2) is 43.5 Å². The number of aromatic nitrogens is 7. The Morgan fingerprint density at radius 1 is 0.722 bits per heavy atom. The van der Waals surface area contributed by atoms with E-state index in [-0.39, 0.29) is 0 Å². The van der Waals surface area contributed by atoms with Gasteiger partial charge in [0.25, 0.3) is 0 Å². The normalized spacial score (nSPS) is 10.7. The van der Waals surface area contributed by atoms with Crippen LogP contribution in [0.5, 0.6) is 0 Å². The van der Waals surface area contributed by atoms with Gasteiger partial charge in [0.1, 0.15) is 25.3 Å². The molecule has 0 aromatic carbocycles. The summed E-state index contributed by atoms with van der Waals surface area (Å²) in [5.41, 5.74) is 1.95. The molecular formula is C11H11N7. The van der Waals surface area contributed by atoms with Crippen molar-refractivity contribution in [2.45, 2.75) is 13.1 Å². The van der Waals surface area contributed by atoms with Crippen LogP contribution in [0.25, 0.3) is 0 Å². The number of rotatable bonds is 4. The van der Waals surface area contributed by atoms with Gasteiger partial charge in [-0.15, -0.1) is 20.4 Å². The van der Waals surface area contributed by atoms with E-state index in [1.165, 1.54) is 0 Å². The average Bonchev–Trinajstić information content (AvgIpc) is 3.03. The maximum Gasteiger partial charge on any atom is 0.119 e. The van der Waals surface area contributed by atoms with Crippen LogP contribution in [-0.2, 0) is 13.1 Å². The van der Waals surface area contributed by atoms with Gasteiger partial charge >= 0.3 is 0 Å². The van der Waals surface area contributed by atoms with E-state index >= 15 is 0 Å². The summed E-state index contributed by atoms with van der Waals surface area (Å²) in [5.74, 6) is 0. The van der Waals surface area contributed by atoms with E-state index in [9.17, 15) is 0 Å². The van der Waals surface area contributed by atoms with Gasteiger partial charge in [-0.3, -0.25) is 4.98 Å². The molecule has 90 valence electrons. The number of hydrogen-bond acceptors (Lipinski definition) is 5. The van der Waals surface area contributed by atoms with Crippen molar-refractivity contribution < 1.29 is 0 Å². The van der Waals surface area contributed by atoms with Crippen molar-refractivity contribution in [1.82, 2.24) is 34.5 Å². The van der Waals surface area contributed by atoms with Crippen LogP contribution in [0.3, 0.4) is 0 Å². The summed E-state index contributed by atoms with van der Waals surface area (Å²) < 4.78 is 3.76. The molecule has 0 spiro atoms. The second-order valence-corrected chi connectivity index (χ2v) is 3.89. The number of pyridine rings is 1. The molecule has 0 fully saturated rings. The topological polar surface area (TPSA) is 74.3 Å². The highest BCUT2D eigenvalue weighted by atomic mass is 15.2. The molecule has 18 heavy (non-hydrogen) atoms. The summed E-state index contributed by atoms with van der Waals surface area (Å²) in [6.07, 6.45) is 6.70. The molecule has 3 aromatic rings. The van der Waals surface area contributed by atoms with E-state index in [2.05, 4.69) is 25.4 Å². The molecule has 0 bridgehead atoms. The monoisotopic (exact) mass is 241 g/mol. The smallest absolute Gasteiger partial charge is 0.119 e. The molecule has 7 heteroatoms. The van der Waals surface area contributed by atoms with Crippen LogP contribution in [-0.4, -0.2) is 34.5 Å². The van der Waals surface area contributed by atoms with Gasteiger partial charge in [0, 0.05) is 0 Å². The van der Waals surface area contributed by atoms with E-state index in [0.717, 1.165) is 11.4 Å². The molecule has 0 amide bonds. The highest BCUT2D eigenvalue weighted by Gasteiger charge is 2.00. The lowest BCUT2D eigenvalue weighted by Gasteiger charge is -2.05. The molecule has 0 radical (unpaired) electrons. The van der Waals surface area contributed by atoms with Gasteiger partial charge in [0.05, 0.1) is 24.5 Å². The largest absolute Gasteiger partial charge is 0.314 e. The average molecular weight is 241 g/mol. The quantitative estimate of drug-likeness (QED) is 0.659. The highest BCUT2D eigenvalue weighted by Crippen LogP contribution is 2.03. The zero-order valence-electron chi connectivity index (χ0n) is 9.59. The van der Waals surface area contributed by atoms with Crippen molar-refractivity contribution in [3.05, 3.63) is 54.9 Å². The summed E-state index contributed by atoms with van der Waals surface area (Å²) in [7, 11) is 0. The molecular weight excluding hydrogens is 230 g/mol. The third-order valence-electron chi connectivity index (χ3n) is 2.49. The third kappa shape index (κ3) is 2.40. The maximum atomic E-state index is 4.57. The van der Waals surface area contributed by atoms with Crippen molar-refractivity contribution in [3.63, 3.8) is 0 Å². The van der Waals surface area contributed by atoms with Gasteiger partial charge in [-0.25, -0.2) is 0 Å². The lowest BCUT2D eigenvalue weighted by Crippen LogP contribution is -2.04. The molecule has 0 atom stereocenters. The van der Waals surface area contributed by atoms with Crippen molar-refractivity contribution in [2.75, 3.05) is 0 Å². The Balaban J connectivity index is 1.76. The SMILES string of the molecule is c1cc(Cn2cnnc2)nc(Cn2cnnc2)c1. The van der Waals surface area contributed by atoms with E-state index < -0.39 is 0 Å². The summed E-state index contributed by atoms with van der Waals surface area (Å²) in [6, 6.07) is 5.96. The second kappa shape index (κ2) is 4.74. The van der Waals surface area contributed by atoms with E-state index in [4.69, 9.17) is 0 Å². The standard InChI is InChI=1S/C11H11N7/c1-2-10(4-17-6-12-13-7-17)16-11(3-1)5-18-8-14-15-9-18/h1-3,6-9H,4-5H2. The molecule has 0 unspecified atom stereocenters. The molecule has 3 aromatic heterocycles. The fourth-order valence-corrected chi connectivity index (χ4v) is 1.69. The predicted molar refractivity (Wildman–Crippen MR) is 62.5 cm³/mol. The number of hydrogen-bond donors (Lipinski definition) is 0. The Labute approximate surface area is 103 Å². The Hall–Kier alpha value is -2.57. The minimum absolute atomic E-state index is 0.670. The summed E-state index contributed by atoms with van der Waals surface area (Å²) >= 11 is 0. The minimum atomic E-state index is 0.670. The van der Waals surface area contributed by atoms with E-state index in [1.54, 1.807) is 25.3 Å². The van der Waals surface area contributed by atoms with Crippen LogP contribution >= 0.6 is 0 Å². The second-order valence-electron chi connectivity index (χ2n) is 3.89. The zero-order chi connectivity index (χ0) is 12.2. The van der Waals surface area contributed by atoms with Crippen molar-refractivity contribution >= 4 is 0 Å². The van der Waals surface area contributed by atoms with Gasteiger partial charge in [-0.1, -0.05) is 6.07 Å². The maximum absolute atomic E-state index is 4.57. The van der Waals surface area contributed by atoms with Crippen molar-refractivity contribution in [2.24, 2.45) is 0 Å². The summed E-state index contributed by atoms with van der Waals surface area (Å²) in [6.45, 7) is 1.34. The fraction of sp³-hybridized carbons (Fsp3) is 0.182. The van der Waals surface area contributed by atoms with Gasteiger partial charge in [0.15, 0.2) is 0 Å². The number of nitrogens with zero attached hydrogens (tertiary/aromatic N) is 7. The Kier molecular flexibility index (Phi) is 2.79. The lowest BCUT2D eigenvalue weighted by molar-refractivity contribution is 0.732. The van der Waals surface area contributed by atoms with Crippen LogP contribution in [0.1, 0.15) is 11.4 Å². The van der Waals surface area contributed by atoms with E-state index in [0.29, 0.717) is 13.1 Å². The Bertz CT molecular complexity index is 549. The van der Waals surface area contributed by atoms with E-state index in [1.807, 2.05) is 27.3 Å². The molecule has 3 rings (SSSR count). The van der Waals surface area contributed by atoms with Crippen molar-refractivity contribution in [1.29, 1.82) is 0 Å². The van der Waals surface area contributed by atoms with Gasteiger partial charge in [-0.2, -0.15) is 0 Å². The first-order valence-corrected chi connectivity index (χ1v) is 5.50. The molecule has 0 aliphatic carbocycles. The first kappa shape index (κ1) is 10.6. The zero-order valence-corrected chi connectivity index (χ0v) is 9.59. The fourth-order valence-electron chi connectivity index (χ4n) is 1.69.